The number of nitrogen functional groups attached to an aromatic ring is 1. The predicted molar refractivity (Wildman–Crippen MR) is 110 cm³/mol. The summed E-state index contributed by atoms with van der Waals surface area (Å²) in [5.74, 6) is 0.778. The highest BCUT2D eigenvalue weighted by Crippen LogP contribution is 2.32. The zero-order chi connectivity index (χ0) is 20.1. The van der Waals surface area contributed by atoms with E-state index in [0.29, 0.717) is 36.7 Å². The third kappa shape index (κ3) is 3.89. The molecule has 0 atom stereocenters. The molecule has 0 aliphatic heterocycles. The number of aryl methyl sites for hydroxylation is 3. The Hall–Kier alpha value is -3.18. The van der Waals surface area contributed by atoms with Gasteiger partial charge in [0.25, 0.3) is 5.69 Å². The van der Waals surface area contributed by atoms with Crippen LogP contribution in [0.25, 0.3) is 10.5 Å². The van der Waals surface area contributed by atoms with Crippen molar-refractivity contribution < 1.29 is 5.11 Å². The number of anilines is 2. The molecule has 0 bridgehead atoms. The van der Waals surface area contributed by atoms with Crippen LogP contribution >= 0.6 is 0 Å². The van der Waals surface area contributed by atoms with Gasteiger partial charge in [0.1, 0.15) is 11.6 Å². The number of aliphatic hydroxyl groups is 1. The van der Waals surface area contributed by atoms with Crippen molar-refractivity contribution in [2.24, 2.45) is 0 Å². The quantitative estimate of drug-likeness (QED) is 0.520. The third-order valence-electron chi connectivity index (χ3n) is 4.66. The van der Waals surface area contributed by atoms with Crippen LogP contribution in [0, 0.1) is 13.5 Å². The fourth-order valence-corrected chi connectivity index (χ4v) is 3.23. The molecule has 146 valence electrons. The first-order valence-electron chi connectivity index (χ1n) is 9.43. The summed E-state index contributed by atoms with van der Waals surface area (Å²) in [7, 11) is 0. The number of hydrogen-bond donors (Lipinski definition) is 3. The van der Waals surface area contributed by atoms with Crippen LogP contribution < -0.4 is 11.1 Å². The zero-order valence-electron chi connectivity index (χ0n) is 16.2. The average molecular weight is 379 g/mol. The molecule has 0 saturated heterocycles. The number of nitrogens with two attached hydrogens (primary N) is 1. The number of hydrogen-bond acceptors (Lipinski definition) is 6. The smallest absolute Gasteiger partial charge is 0.268 e. The number of nitrogens with zero attached hydrogens (tertiary/aromatic N) is 5. The number of nitrogens with one attached hydrogen (secondary N) is 1. The van der Waals surface area contributed by atoms with Gasteiger partial charge in [0.05, 0.1) is 12.3 Å². The summed E-state index contributed by atoms with van der Waals surface area (Å²) in [6, 6.07) is 5.92. The van der Waals surface area contributed by atoms with E-state index in [2.05, 4.69) is 25.2 Å². The highest BCUT2D eigenvalue weighted by Gasteiger charge is 2.18. The average Bonchev–Trinajstić information content (AvgIpc) is 3.02. The van der Waals surface area contributed by atoms with Gasteiger partial charge in [-0.3, -0.25) is 4.98 Å². The fraction of sp³-hybridized carbons (Fsp3) is 0.400. The molecule has 0 spiro atoms. The van der Waals surface area contributed by atoms with Gasteiger partial charge in [-0.15, -0.1) is 0 Å². The Balaban J connectivity index is 1.80. The summed E-state index contributed by atoms with van der Waals surface area (Å²) < 4.78 is 1.55. The predicted octanol–water partition coefficient (Wildman–Crippen LogP) is 2.71. The molecule has 3 aromatic heterocycles. The Morgan fingerprint density at radius 2 is 2.00 bits per heavy atom. The molecule has 0 unspecified atom stereocenters. The maximum Gasteiger partial charge on any atom is 0.268 e. The van der Waals surface area contributed by atoms with Crippen molar-refractivity contribution in [2.75, 3.05) is 24.2 Å². The van der Waals surface area contributed by atoms with E-state index >= 15 is 0 Å². The molecule has 0 aliphatic carbocycles. The molecular weight excluding hydrogens is 354 g/mol. The number of rotatable bonds is 8. The van der Waals surface area contributed by atoms with Gasteiger partial charge in [0.15, 0.2) is 5.65 Å². The van der Waals surface area contributed by atoms with Gasteiger partial charge in [0.2, 0.25) is 0 Å². The van der Waals surface area contributed by atoms with Gasteiger partial charge in [-0.25, -0.2) is 14.3 Å². The van der Waals surface area contributed by atoms with Crippen molar-refractivity contribution >= 4 is 23.0 Å². The first-order valence-corrected chi connectivity index (χ1v) is 9.43. The van der Waals surface area contributed by atoms with Crippen LogP contribution in [0.3, 0.4) is 0 Å². The maximum atomic E-state index is 8.96. The standard InChI is InChI=1S/C20H25N7O/c1-4-16-13(2)26-27-18(21)17(22-3)19(25-20(16)27)23-11-10-15-8-5-7-14(24-15)9-6-12-28/h5,7-8,28H,4,6,9-12,21H2,1-2H3,(H,23,25). The molecule has 3 aromatic rings. The van der Waals surface area contributed by atoms with Crippen LogP contribution in [0.5, 0.6) is 0 Å². The molecule has 0 saturated carbocycles. The Bertz CT molecular complexity index is 1020. The second kappa shape index (κ2) is 8.67. The van der Waals surface area contributed by atoms with Gasteiger partial charge in [-0.2, -0.15) is 5.10 Å². The molecule has 8 nitrogen and oxygen atoms in total. The molecule has 0 radical (unpaired) electrons. The molecule has 4 N–H and O–H groups in total. The lowest BCUT2D eigenvalue weighted by atomic mass is 10.2. The minimum Gasteiger partial charge on any atom is -0.396 e. The minimum atomic E-state index is 0.163. The van der Waals surface area contributed by atoms with Crippen LogP contribution in [0.4, 0.5) is 17.3 Å². The molecule has 3 rings (SSSR count). The molecular formula is C20H25N7O. The Morgan fingerprint density at radius 3 is 2.68 bits per heavy atom. The van der Waals surface area contributed by atoms with Crippen molar-refractivity contribution in [1.29, 1.82) is 0 Å². The Labute approximate surface area is 164 Å². The van der Waals surface area contributed by atoms with Crippen molar-refractivity contribution in [3.05, 3.63) is 52.3 Å². The van der Waals surface area contributed by atoms with Gasteiger partial charge < -0.3 is 16.2 Å². The monoisotopic (exact) mass is 379 g/mol. The molecule has 0 fully saturated rings. The van der Waals surface area contributed by atoms with E-state index in [4.69, 9.17) is 17.4 Å². The van der Waals surface area contributed by atoms with Gasteiger partial charge in [-0.1, -0.05) is 13.0 Å². The van der Waals surface area contributed by atoms with Crippen LogP contribution in [-0.2, 0) is 19.3 Å². The van der Waals surface area contributed by atoms with E-state index < -0.39 is 0 Å². The lowest BCUT2D eigenvalue weighted by Crippen LogP contribution is -2.11. The lowest BCUT2D eigenvalue weighted by Gasteiger charge is -2.11. The third-order valence-corrected chi connectivity index (χ3v) is 4.66. The van der Waals surface area contributed by atoms with Crippen molar-refractivity contribution in [3.63, 3.8) is 0 Å². The topological polar surface area (TPSA) is 106 Å². The van der Waals surface area contributed by atoms with E-state index in [1.54, 1.807) is 4.52 Å². The van der Waals surface area contributed by atoms with Gasteiger partial charge in [0, 0.05) is 36.5 Å². The summed E-state index contributed by atoms with van der Waals surface area (Å²) in [4.78, 5) is 12.8. The summed E-state index contributed by atoms with van der Waals surface area (Å²) >= 11 is 0. The highest BCUT2D eigenvalue weighted by molar-refractivity contribution is 5.80. The molecule has 0 amide bonds. The Morgan fingerprint density at radius 1 is 1.25 bits per heavy atom. The largest absolute Gasteiger partial charge is 0.396 e. The highest BCUT2D eigenvalue weighted by atomic mass is 16.2. The number of aromatic nitrogens is 4. The Kier molecular flexibility index (Phi) is 6.06. The van der Waals surface area contributed by atoms with Gasteiger partial charge >= 0.3 is 0 Å². The van der Waals surface area contributed by atoms with Crippen LogP contribution in [0.2, 0.25) is 0 Å². The SMILES string of the molecule is [C-]#[N+]c1c(NCCc2cccc(CCCO)n2)nc2c(CC)c(C)nn2c1N. The minimum absolute atomic E-state index is 0.163. The van der Waals surface area contributed by atoms with Gasteiger partial charge in [-0.05, 0) is 38.3 Å². The molecule has 28 heavy (non-hydrogen) atoms. The number of pyridine rings is 1. The fourth-order valence-electron chi connectivity index (χ4n) is 3.23. The number of fused-ring (bicyclic) bond motifs is 1. The molecule has 0 aromatic carbocycles. The molecule has 0 aliphatic rings. The second-order valence-corrected chi connectivity index (χ2v) is 6.58. The van der Waals surface area contributed by atoms with E-state index in [0.717, 1.165) is 35.5 Å². The summed E-state index contributed by atoms with van der Waals surface area (Å²) in [5, 5.41) is 16.6. The second-order valence-electron chi connectivity index (χ2n) is 6.58. The number of aliphatic hydroxyl groups excluding tert-OH is 1. The van der Waals surface area contributed by atoms with E-state index in [1.807, 2.05) is 32.0 Å². The summed E-state index contributed by atoms with van der Waals surface area (Å²) in [5.41, 5.74) is 11.0. The summed E-state index contributed by atoms with van der Waals surface area (Å²) in [6.07, 6.45) is 2.95. The lowest BCUT2D eigenvalue weighted by molar-refractivity contribution is 0.288. The van der Waals surface area contributed by atoms with Crippen molar-refractivity contribution in [2.45, 2.75) is 39.5 Å². The first-order chi connectivity index (χ1) is 13.6. The van der Waals surface area contributed by atoms with E-state index in [1.165, 1.54) is 0 Å². The van der Waals surface area contributed by atoms with Crippen molar-refractivity contribution in [1.82, 2.24) is 19.6 Å². The maximum absolute atomic E-state index is 8.96. The van der Waals surface area contributed by atoms with Crippen LogP contribution in [-0.4, -0.2) is 37.8 Å². The van der Waals surface area contributed by atoms with E-state index in [9.17, 15) is 0 Å². The molecule has 3 heterocycles. The van der Waals surface area contributed by atoms with Crippen molar-refractivity contribution in [3.8, 4) is 0 Å². The normalized spacial score (nSPS) is 10.9. The summed E-state index contributed by atoms with van der Waals surface area (Å²) in [6.45, 7) is 12.2. The van der Waals surface area contributed by atoms with Crippen LogP contribution in [0.1, 0.15) is 36.0 Å². The van der Waals surface area contributed by atoms with E-state index in [-0.39, 0.29) is 12.3 Å². The first kappa shape index (κ1) is 19.6. The van der Waals surface area contributed by atoms with Crippen LogP contribution in [0.15, 0.2) is 18.2 Å². The molecule has 8 heteroatoms. The zero-order valence-corrected chi connectivity index (χ0v) is 16.2.